The molecule has 2 aliphatic rings. The molecule has 1 unspecified atom stereocenters. The third-order valence-electron chi connectivity index (χ3n) is 6.39. The van der Waals surface area contributed by atoms with Crippen LogP contribution < -0.4 is 19.5 Å². The highest BCUT2D eigenvalue weighted by Crippen LogP contribution is 2.32. The summed E-state index contributed by atoms with van der Waals surface area (Å²) in [5.74, 6) is 2.42. The Hall–Kier alpha value is -2.87. The second-order valence-corrected chi connectivity index (χ2v) is 8.44. The zero-order valence-electron chi connectivity index (χ0n) is 18.3. The summed E-state index contributed by atoms with van der Waals surface area (Å²) in [6.45, 7) is 3.66. The molecule has 3 heterocycles. The highest BCUT2D eigenvalue weighted by Gasteiger charge is 2.23. The maximum absolute atomic E-state index is 11.0. The molecule has 1 atom stereocenters. The van der Waals surface area contributed by atoms with Crippen molar-refractivity contribution in [3.05, 3.63) is 59.8 Å². The summed E-state index contributed by atoms with van der Waals surface area (Å²) in [6.07, 6.45) is 3.31. The standard InChI is InChI=1S/C25H29N3O4/c1-30-19-3-4-22-21(13-19)20(6-9-26-22)23(29)15-28-10-7-18(8-11-28)27-14-17-2-5-24-25(12-17)32-16-31-24/h2-6,9,12-13,18,23,27,29H,7-8,10-11,14-16H2,1H3. The van der Waals surface area contributed by atoms with Crippen molar-refractivity contribution in [1.82, 2.24) is 15.2 Å². The summed E-state index contributed by atoms with van der Waals surface area (Å²) in [5, 5.41) is 15.6. The SMILES string of the molecule is COc1ccc2nccc(C(O)CN3CCC(NCc4ccc5c(c4)OCO5)CC3)c2c1. The molecule has 168 valence electrons. The van der Waals surface area contributed by atoms with Gasteiger partial charge in [-0.15, -0.1) is 0 Å². The number of likely N-dealkylation sites (tertiary alicyclic amines) is 1. The first-order valence-corrected chi connectivity index (χ1v) is 11.1. The number of benzene rings is 2. The van der Waals surface area contributed by atoms with Crippen LogP contribution >= 0.6 is 0 Å². The summed E-state index contributed by atoms with van der Waals surface area (Å²) < 4.78 is 16.2. The summed E-state index contributed by atoms with van der Waals surface area (Å²) in [4.78, 5) is 6.76. The van der Waals surface area contributed by atoms with Gasteiger partial charge in [-0.3, -0.25) is 4.98 Å². The third kappa shape index (κ3) is 4.50. The first kappa shape index (κ1) is 21.0. The van der Waals surface area contributed by atoms with E-state index >= 15 is 0 Å². The first-order chi connectivity index (χ1) is 15.7. The Bertz CT molecular complexity index is 1080. The molecule has 32 heavy (non-hydrogen) atoms. The van der Waals surface area contributed by atoms with Gasteiger partial charge in [0.15, 0.2) is 11.5 Å². The van der Waals surface area contributed by atoms with E-state index in [2.05, 4.69) is 27.3 Å². The fraction of sp³-hybridized carbons (Fsp3) is 0.400. The molecule has 7 heteroatoms. The molecule has 1 fully saturated rings. The van der Waals surface area contributed by atoms with Gasteiger partial charge < -0.3 is 29.5 Å². The zero-order valence-corrected chi connectivity index (χ0v) is 18.3. The Balaban J connectivity index is 1.14. The van der Waals surface area contributed by atoms with Crippen molar-refractivity contribution in [3.8, 4) is 17.2 Å². The molecule has 0 radical (unpaired) electrons. The molecular formula is C25H29N3O4. The van der Waals surface area contributed by atoms with E-state index in [1.165, 1.54) is 5.56 Å². The molecule has 2 aliphatic heterocycles. The summed E-state index contributed by atoms with van der Waals surface area (Å²) in [7, 11) is 1.65. The Morgan fingerprint density at radius 3 is 2.81 bits per heavy atom. The van der Waals surface area contributed by atoms with E-state index in [9.17, 15) is 5.11 Å². The molecule has 3 aromatic rings. The number of aromatic nitrogens is 1. The second kappa shape index (κ2) is 9.32. The van der Waals surface area contributed by atoms with Gasteiger partial charge in [0.1, 0.15) is 5.75 Å². The Kier molecular flexibility index (Phi) is 6.12. The predicted molar refractivity (Wildman–Crippen MR) is 122 cm³/mol. The molecule has 5 rings (SSSR count). The highest BCUT2D eigenvalue weighted by atomic mass is 16.7. The number of piperidine rings is 1. The van der Waals surface area contributed by atoms with E-state index in [0.717, 1.165) is 66.2 Å². The predicted octanol–water partition coefficient (Wildman–Crippen LogP) is 3.26. The average molecular weight is 436 g/mol. The van der Waals surface area contributed by atoms with Crippen molar-refractivity contribution in [2.24, 2.45) is 0 Å². The van der Waals surface area contributed by atoms with E-state index in [1.807, 2.05) is 30.3 Å². The molecule has 2 aromatic carbocycles. The van der Waals surface area contributed by atoms with Gasteiger partial charge in [0.25, 0.3) is 0 Å². The van der Waals surface area contributed by atoms with Gasteiger partial charge in [0, 0.05) is 30.7 Å². The van der Waals surface area contributed by atoms with E-state index in [1.54, 1.807) is 13.3 Å². The maximum Gasteiger partial charge on any atom is 0.231 e. The van der Waals surface area contributed by atoms with Gasteiger partial charge >= 0.3 is 0 Å². The van der Waals surface area contributed by atoms with Gasteiger partial charge in [-0.2, -0.15) is 0 Å². The fourth-order valence-electron chi connectivity index (χ4n) is 4.54. The van der Waals surface area contributed by atoms with Crippen molar-refractivity contribution in [1.29, 1.82) is 0 Å². The van der Waals surface area contributed by atoms with Gasteiger partial charge in [-0.05, 0) is 73.5 Å². The lowest BCUT2D eigenvalue weighted by molar-refractivity contribution is 0.0949. The topological polar surface area (TPSA) is 76.1 Å². The number of nitrogens with zero attached hydrogens (tertiary/aromatic N) is 2. The molecule has 0 saturated carbocycles. The summed E-state index contributed by atoms with van der Waals surface area (Å²) in [5.41, 5.74) is 2.97. The summed E-state index contributed by atoms with van der Waals surface area (Å²) >= 11 is 0. The normalized spacial score (nSPS) is 17.6. The smallest absolute Gasteiger partial charge is 0.231 e. The maximum atomic E-state index is 11.0. The van der Waals surface area contributed by atoms with E-state index in [4.69, 9.17) is 14.2 Å². The minimum atomic E-state index is -0.564. The fourth-order valence-corrected chi connectivity index (χ4v) is 4.54. The molecular weight excluding hydrogens is 406 g/mol. The lowest BCUT2D eigenvalue weighted by atomic mass is 10.0. The number of rotatable bonds is 7. The van der Waals surface area contributed by atoms with Gasteiger partial charge in [0.05, 0.1) is 18.7 Å². The monoisotopic (exact) mass is 435 g/mol. The van der Waals surface area contributed by atoms with Crippen LogP contribution in [0.15, 0.2) is 48.7 Å². The molecule has 7 nitrogen and oxygen atoms in total. The number of methoxy groups -OCH3 is 1. The second-order valence-electron chi connectivity index (χ2n) is 8.44. The molecule has 0 aliphatic carbocycles. The lowest BCUT2D eigenvalue weighted by Gasteiger charge is -2.33. The Labute approximate surface area is 187 Å². The van der Waals surface area contributed by atoms with Crippen molar-refractivity contribution < 1.29 is 19.3 Å². The van der Waals surface area contributed by atoms with Crippen molar-refractivity contribution >= 4 is 10.9 Å². The molecule has 1 saturated heterocycles. The Morgan fingerprint density at radius 2 is 1.97 bits per heavy atom. The van der Waals surface area contributed by atoms with Gasteiger partial charge in [-0.1, -0.05) is 6.07 Å². The van der Waals surface area contributed by atoms with Crippen LogP contribution in [0.3, 0.4) is 0 Å². The average Bonchev–Trinajstić information content (AvgIpc) is 3.31. The number of aliphatic hydroxyl groups excluding tert-OH is 1. The Morgan fingerprint density at radius 1 is 1.12 bits per heavy atom. The van der Waals surface area contributed by atoms with Crippen LogP contribution in [0.25, 0.3) is 10.9 Å². The van der Waals surface area contributed by atoms with Crippen molar-refractivity contribution in [2.45, 2.75) is 31.5 Å². The van der Waals surface area contributed by atoms with E-state index in [0.29, 0.717) is 19.4 Å². The molecule has 1 aromatic heterocycles. The number of nitrogens with one attached hydrogen (secondary N) is 1. The van der Waals surface area contributed by atoms with Crippen molar-refractivity contribution in [3.63, 3.8) is 0 Å². The molecule has 0 bridgehead atoms. The molecule has 2 N–H and O–H groups in total. The number of aliphatic hydroxyl groups is 1. The number of fused-ring (bicyclic) bond motifs is 2. The quantitative estimate of drug-likeness (QED) is 0.590. The lowest BCUT2D eigenvalue weighted by Crippen LogP contribution is -2.43. The van der Waals surface area contributed by atoms with Crippen LogP contribution in [-0.2, 0) is 6.54 Å². The van der Waals surface area contributed by atoms with Crippen LogP contribution in [0.1, 0.15) is 30.1 Å². The van der Waals surface area contributed by atoms with E-state index in [-0.39, 0.29) is 0 Å². The number of hydrogen-bond donors (Lipinski definition) is 2. The van der Waals surface area contributed by atoms with E-state index < -0.39 is 6.10 Å². The minimum absolute atomic E-state index is 0.305. The number of ether oxygens (including phenoxy) is 3. The first-order valence-electron chi connectivity index (χ1n) is 11.1. The largest absolute Gasteiger partial charge is 0.497 e. The van der Waals surface area contributed by atoms with Gasteiger partial charge in [-0.25, -0.2) is 0 Å². The summed E-state index contributed by atoms with van der Waals surface area (Å²) in [6, 6.07) is 14.3. The van der Waals surface area contributed by atoms with Crippen molar-refractivity contribution in [2.75, 3.05) is 33.5 Å². The molecule has 0 spiro atoms. The number of β-amino-alcohol motifs (C(OH)–C–C–N with tert-alkyl or cyclic N) is 1. The molecule has 0 amide bonds. The van der Waals surface area contributed by atoms with Crippen LogP contribution in [-0.4, -0.2) is 54.6 Å². The minimum Gasteiger partial charge on any atom is -0.497 e. The number of hydrogen-bond acceptors (Lipinski definition) is 7. The van der Waals surface area contributed by atoms with Crippen LogP contribution in [0, 0.1) is 0 Å². The van der Waals surface area contributed by atoms with Crippen LogP contribution in [0.4, 0.5) is 0 Å². The van der Waals surface area contributed by atoms with Crippen LogP contribution in [0.2, 0.25) is 0 Å². The number of pyridine rings is 1. The van der Waals surface area contributed by atoms with Gasteiger partial charge in [0.2, 0.25) is 6.79 Å². The highest BCUT2D eigenvalue weighted by molar-refractivity contribution is 5.83. The zero-order chi connectivity index (χ0) is 21.9. The van der Waals surface area contributed by atoms with Crippen LogP contribution in [0.5, 0.6) is 17.2 Å². The third-order valence-corrected chi connectivity index (χ3v) is 6.39.